The molecule has 1 fully saturated rings. The summed E-state index contributed by atoms with van der Waals surface area (Å²) in [5, 5.41) is 8.87. The lowest BCUT2D eigenvalue weighted by molar-refractivity contribution is -0.118. The third-order valence-electron chi connectivity index (χ3n) is 3.39. The van der Waals surface area contributed by atoms with Crippen LogP contribution in [0, 0.1) is 11.8 Å². The lowest BCUT2D eigenvalue weighted by atomic mass is 9.99. The van der Waals surface area contributed by atoms with E-state index in [2.05, 4.69) is 16.0 Å². The third kappa shape index (κ3) is 5.19. The van der Waals surface area contributed by atoms with Crippen molar-refractivity contribution in [2.75, 3.05) is 23.7 Å². The van der Waals surface area contributed by atoms with Crippen LogP contribution in [0.1, 0.15) is 26.7 Å². The van der Waals surface area contributed by atoms with Crippen LogP contribution in [0.3, 0.4) is 0 Å². The van der Waals surface area contributed by atoms with Crippen molar-refractivity contribution in [3.05, 3.63) is 24.3 Å². The smallest absolute Gasteiger partial charge is 0.224 e. The average molecular weight is 289 g/mol. The van der Waals surface area contributed by atoms with Crippen molar-refractivity contribution in [1.29, 1.82) is 0 Å². The summed E-state index contributed by atoms with van der Waals surface area (Å²) in [7, 11) is 0. The number of amides is 2. The number of carbonyl (C=O) groups excluding carboxylic acids is 2. The molecule has 1 aliphatic rings. The molecule has 0 spiro atoms. The van der Waals surface area contributed by atoms with E-state index in [0.29, 0.717) is 24.7 Å². The Morgan fingerprint density at radius 1 is 1.10 bits per heavy atom. The molecule has 0 bridgehead atoms. The first-order chi connectivity index (χ1) is 10.0. The second-order valence-electron chi connectivity index (χ2n) is 6.00. The number of hydrogen-bond donors (Lipinski definition) is 3. The van der Waals surface area contributed by atoms with Crippen LogP contribution >= 0.6 is 0 Å². The van der Waals surface area contributed by atoms with Crippen molar-refractivity contribution < 1.29 is 9.59 Å². The van der Waals surface area contributed by atoms with Gasteiger partial charge < -0.3 is 16.0 Å². The molecule has 0 saturated carbocycles. The molecule has 2 amide bonds. The lowest BCUT2D eigenvalue weighted by Crippen LogP contribution is -2.43. The molecule has 21 heavy (non-hydrogen) atoms. The molecular formula is C16H23N3O2. The van der Waals surface area contributed by atoms with Gasteiger partial charge in [0.25, 0.3) is 0 Å². The predicted molar refractivity (Wildman–Crippen MR) is 84.1 cm³/mol. The Morgan fingerprint density at radius 3 is 2.05 bits per heavy atom. The Balaban J connectivity index is 1.80. The van der Waals surface area contributed by atoms with Crippen LogP contribution in [0.2, 0.25) is 0 Å². The van der Waals surface area contributed by atoms with Gasteiger partial charge in [0.05, 0.1) is 0 Å². The van der Waals surface area contributed by atoms with Gasteiger partial charge in [-0.05, 0) is 49.2 Å². The van der Waals surface area contributed by atoms with E-state index >= 15 is 0 Å². The minimum absolute atomic E-state index is 0.0132. The summed E-state index contributed by atoms with van der Waals surface area (Å²) in [5.41, 5.74) is 1.51. The molecule has 0 radical (unpaired) electrons. The van der Waals surface area contributed by atoms with Crippen molar-refractivity contribution >= 4 is 23.2 Å². The van der Waals surface area contributed by atoms with Gasteiger partial charge in [-0.15, -0.1) is 0 Å². The van der Waals surface area contributed by atoms with E-state index in [9.17, 15) is 9.59 Å². The predicted octanol–water partition coefficient (Wildman–Crippen LogP) is 2.22. The normalized spacial score (nSPS) is 14.6. The molecule has 1 aliphatic heterocycles. The van der Waals surface area contributed by atoms with Gasteiger partial charge in [0.1, 0.15) is 0 Å². The Bertz CT molecular complexity index is 493. The third-order valence-corrected chi connectivity index (χ3v) is 3.39. The van der Waals surface area contributed by atoms with Gasteiger partial charge in [0.15, 0.2) is 0 Å². The maximum Gasteiger partial charge on any atom is 0.224 e. The summed E-state index contributed by atoms with van der Waals surface area (Å²) in [6.45, 7) is 5.87. The number of rotatable bonds is 6. The van der Waals surface area contributed by atoms with Gasteiger partial charge >= 0.3 is 0 Å². The molecule has 2 rings (SSSR count). The zero-order chi connectivity index (χ0) is 15.2. The maximum atomic E-state index is 11.8. The van der Waals surface area contributed by atoms with E-state index in [0.717, 1.165) is 24.5 Å². The molecule has 5 heteroatoms. The number of nitrogens with one attached hydrogen (secondary N) is 3. The lowest BCUT2D eigenvalue weighted by Gasteiger charge is -2.26. The van der Waals surface area contributed by atoms with Crippen molar-refractivity contribution in [2.24, 2.45) is 11.8 Å². The van der Waals surface area contributed by atoms with E-state index in [4.69, 9.17) is 0 Å². The maximum absolute atomic E-state index is 11.8. The quantitative estimate of drug-likeness (QED) is 0.752. The minimum atomic E-state index is 0.0132. The first kappa shape index (κ1) is 15.5. The molecule has 1 heterocycles. The molecule has 0 unspecified atom stereocenters. The molecule has 1 saturated heterocycles. The molecular weight excluding hydrogens is 266 g/mol. The number of carbonyl (C=O) groups is 2. The van der Waals surface area contributed by atoms with Crippen LogP contribution in [-0.2, 0) is 9.59 Å². The monoisotopic (exact) mass is 289 g/mol. The van der Waals surface area contributed by atoms with Crippen LogP contribution < -0.4 is 16.0 Å². The second-order valence-corrected chi connectivity index (χ2v) is 6.00. The highest BCUT2D eigenvalue weighted by atomic mass is 16.2. The molecule has 3 N–H and O–H groups in total. The summed E-state index contributed by atoms with van der Waals surface area (Å²) < 4.78 is 0. The number of hydrogen-bond acceptors (Lipinski definition) is 3. The first-order valence-electron chi connectivity index (χ1n) is 7.43. The second kappa shape index (κ2) is 7.22. The van der Waals surface area contributed by atoms with Crippen LogP contribution in [0.4, 0.5) is 11.4 Å². The number of anilines is 2. The fourth-order valence-electron chi connectivity index (χ4n) is 2.19. The Kier molecular flexibility index (Phi) is 5.33. The molecule has 1 aromatic rings. The molecule has 0 aromatic heterocycles. The van der Waals surface area contributed by atoms with Gasteiger partial charge in [0.2, 0.25) is 11.8 Å². The Hall–Kier alpha value is -1.88. The van der Waals surface area contributed by atoms with Gasteiger partial charge in [-0.1, -0.05) is 13.8 Å². The van der Waals surface area contributed by atoms with E-state index in [1.165, 1.54) is 0 Å². The highest BCUT2D eigenvalue weighted by Crippen LogP contribution is 2.16. The molecule has 0 aliphatic carbocycles. The highest BCUT2D eigenvalue weighted by Gasteiger charge is 2.19. The van der Waals surface area contributed by atoms with Crippen LogP contribution in [-0.4, -0.2) is 24.9 Å². The fraction of sp³-hybridized carbons (Fsp3) is 0.500. The highest BCUT2D eigenvalue weighted by molar-refractivity contribution is 5.93. The standard InChI is InChI=1S/C16H23N3O2/c1-11(2)7-15(20)18-13-3-5-14(6-4-13)19-16(21)8-12-9-17-10-12/h3-6,11-12,17H,7-10H2,1-2H3,(H,18,20)(H,19,21). The summed E-state index contributed by atoms with van der Waals surface area (Å²) in [6.07, 6.45) is 1.06. The average Bonchev–Trinajstić information content (AvgIpc) is 2.35. The number of benzene rings is 1. The first-order valence-corrected chi connectivity index (χ1v) is 7.43. The minimum Gasteiger partial charge on any atom is -0.326 e. The van der Waals surface area contributed by atoms with Crippen molar-refractivity contribution in [3.63, 3.8) is 0 Å². The molecule has 1 aromatic carbocycles. The topological polar surface area (TPSA) is 70.2 Å². The molecule has 0 atom stereocenters. The SMILES string of the molecule is CC(C)CC(=O)Nc1ccc(NC(=O)CC2CNC2)cc1. The van der Waals surface area contributed by atoms with Crippen LogP contribution in [0.5, 0.6) is 0 Å². The van der Waals surface area contributed by atoms with Crippen molar-refractivity contribution in [1.82, 2.24) is 5.32 Å². The van der Waals surface area contributed by atoms with E-state index in [1.54, 1.807) is 12.1 Å². The zero-order valence-corrected chi connectivity index (χ0v) is 12.6. The van der Waals surface area contributed by atoms with Crippen molar-refractivity contribution in [3.8, 4) is 0 Å². The fourth-order valence-corrected chi connectivity index (χ4v) is 2.19. The summed E-state index contributed by atoms with van der Waals surface area (Å²) >= 11 is 0. The van der Waals surface area contributed by atoms with Gasteiger partial charge in [-0.2, -0.15) is 0 Å². The summed E-state index contributed by atoms with van der Waals surface area (Å²) in [5.74, 6) is 0.849. The van der Waals surface area contributed by atoms with Gasteiger partial charge in [0, 0.05) is 24.2 Å². The van der Waals surface area contributed by atoms with Gasteiger partial charge in [-0.3, -0.25) is 9.59 Å². The Morgan fingerprint density at radius 2 is 1.62 bits per heavy atom. The molecule has 114 valence electrons. The van der Waals surface area contributed by atoms with Crippen LogP contribution in [0.15, 0.2) is 24.3 Å². The summed E-state index contributed by atoms with van der Waals surface area (Å²) in [6, 6.07) is 7.22. The van der Waals surface area contributed by atoms with E-state index < -0.39 is 0 Å². The van der Waals surface area contributed by atoms with Crippen molar-refractivity contribution in [2.45, 2.75) is 26.7 Å². The van der Waals surface area contributed by atoms with Crippen LogP contribution in [0.25, 0.3) is 0 Å². The van der Waals surface area contributed by atoms with Gasteiger partial charge in [-0.25, -0.2) is 0 Å². The van der Waals surface area contributed by atoms with E-state index in [1.807, 2.05) is 26.0 Å². The van der Waals surface area contributed by atoms with E-state index in [-0.39, 0.29) is 11.8 Å². The molecule has 5 nitrogen and oxygen atoms in total. The zero-order valence-electron chi connectivity index (χ0n) is 12.6. The Labute approximate surface area is 125 Å². The summed E-state index contributed by atoms with van der Waals surface area (Å²) in [4.78, 5) is 23.5. The largest absolute Gasteiger partial charge is 0.326 e.